The summed E-state index contributed by atoms with van der Waals surface area (Å²) in [6.45, 7) is 1.68. The molecule has 0 rings (SSSR count). The van der Waals surface area contributed by atoms with E-state index < -0.39 is 29.4 Å². The highest BCUT2D eigenvalue weighted by molar-refractivity contribution is 7.69. The van der Waals surface area contributed by atoms with E-state index in [2.05, 4.69) is 8.62 Å². The van der Waals surface area contributed by atoms with Crippen molar-refractivity contribution in [2.24, 2.45) is 0 Å². The van der Waals surface area contributed by atoms with Gasteiger partial charge in [-0.05, 0) is 6.42 Å². The molecule has 0 heterocycles. The van der Waals surface area contributed by atoms with Crippen LogP contribution in [0.1, 0.15) is 19.8 Å². The second-order valence-corrected chi connectivity index (χ2v) is 7.77. The third-order valence-corrected chi connectivity index (χ3v) is 5.80. The molecule has 0 saturated heterocycles. The van der Waals surface area contributed by atoms with Crippen molar-refractivity contribution >= 4 is 23.2 Å². The van der Waals surface area contributed by atoms with Crippen LogP contribution in [0.15, 0.2) is 0 Å². The molecule has 98 valence electrons. The predicted molar refractivity (Wildman–Crippen MR) is 53.6 cm³/mol. The van der Waals surface area contributed by atoms with Gasteiger partial charge < -0.3 is 19.6 Å². The quantitative estimate of drug-likeness (QED) is 0.508. The summed E-state index contributed by atoms with van der Waals surface area (Å²) >= 11 is 0. The van der Waals surface area contributed by atoms with Gasteiger partial charge in [0, 0.05) is 0 Å². The highest BCUT2D eigenvalue weighted by atomic mass is 31.3. The smallest absolute Gasteiger partial charge is 0.302 e. The van der Waals surface area contributed by atoms with Crippen LogP contribution in [0, 0.1) is 0 Å². The molecule has 4 N–H and O–H groups in total. The molecule has 0 atom stereocenters. The fourth-order valence-electron chi connectivity index (χ4n) is 0.772. The average molecular weight is 298 g/mol. The van der Waals surface area contributed by atoms with Crippen LogP contribution in [-0.4, -0.2) is 25.7 Å². The minimum Gasteiger partial charge on any atom is -0.302 e. The second kappa shape index (κ2) is 5.87. The van der Waals surface area contributed by atoms with Crippen molar-refractivity contribution in [3.05, 3.63) is 0 Å². The van der Waals surface area contributed by atoms with Crippen LogP contribution in [0.25, 0.3) is 0 Å². The van der Waals surface area contributed by atoms with Gasteiger partial charge in [-0.2, -0.15) is 0 Å². The zero-order valence-corrected chi connectivity index (χ0v) is 11.0. The van der Waals surface area contributed by atoms with Crippen molar-refractivity contribution in [1.29, 1.82) is 0 Å². The number of unbranched alkanes of at least 4 members (excludes halogenated alkanes) is 1. The maximum Gasteiger partial charge on any atom is 0.476 e. The Morgan fingerprint density at radius 3 is 1.56 bits per heavy atom. The van der Waals surface area contributed by atoms with Gasteiger partial charge in [0.2, 0.25) is 0 Å². The lowest BCUT2D eigenvalue weighted by molar-refractivity contribution is 0.240. The van der Waals surface area contributed by atoms with Gasteiger partial charge in [-0.15, -0.1) is 0 Å². The lowest BCUT2D eigenvalue weighted by atomic mass is 10.4. The highest BCUT2D eigenvalue weighted by Crippen LogP contribution is 2.67. The summed E-state index contributed by atoms with van der Waals surface area (Å²) in [6, 6.07) is 0. The molecule has 0 spiro atoms. The first-order valence-electron chi connectivity index (χ1n) is 4.10. The van der Waals surface area contributed by atoms with Gasteiger partial charge in [0.25, 0.3) is 0 Å². The molecule has 16 heavy (non-hydrogen) atoms. The SMILES string of the molecule is CCCCP(=O)(OP(=O)(O)O)OP(=O)(O)O. The van der Waals surface area contributed by atoms with Gasteiger partial charge in [0.1, 0.15) is 0 Å². The molecule has 0 aliphatic heterocycles. The van der Waals surface area contributed by atoms with Gasteiger partial charge >= 0.3 is 23.2 Å². The molecule has 0 aliphatic carbocycles. The predicted octanol–water partition coefficient (Wildman–Crippen LogP) is 1.20. The summed E-state index contributed by atoms with van der Waals surface area (Å²) in [6.07, 6.45) is 0.177. The minimum atomic E-state index is -5.14. The van der Waals surface area contributed by atoms with Crippen LogP contribution in [0.5, 0.6) is 0 Å². The van der Waals surface area contributed by atoms with Crippen LogP contribution in [-0.2, 0) is 22.3 Å². The first kappa shape index (κ1) is 16.4. The number of hydrogen-bond donors (Lipinski definition) is 4. The Morgan fingerprint density at radius 1 is 0.938 bits per heavy atom. The third kappa shape index (κ3) is 8.58. The lowest BCUT2D eigenvalue weighted by Gasteiger charge is -2.18. The van der Waals surface area contributed by atoms with Crippen LogP contribution in [0.2, 0.25) is 0 Å². The molecule has 0 unspecified atom stereocenters. The maximum absolute atomic E-state index is 11.6. The second-order valence-electron chi connectivity index (χ2n) is 2.83. The molecular formula is C4H13O9P3. The summed E-state index contributed by atoms with van der Waals surface area (Å²) in [5.41, 5.74) is 0. The molecule has 9 nitrogen and oxygen atoms in total. The molecule has 0 amide bonds. The van der Waals surface area contributed by atoms with Crippen LogP contribution >= 0.6 is 23.2 Å². The molecule has 0 bridgehead atoms. The zero-order valence-electron chi connectivity index (χ0n) is 8.29. The number of phosphoric acid groups is 2. The van der Waals surface area contributed by atoms with Gasteiger partial charge in [0.05, 0.1) is 6.16 Å². The average Bonchev–Trinajstić information content (AvgIpc) is 1.93. The maximum atomic E-state index is 11.6. The van der Waals surface area contributed by atoms with Crippen molar-refractivity contribution in [1.82, 2.24) is 0 Å². The Labute approximate surface area is 91.8 Å². The Balaban J connectivity index is 4.83. The zero-order chi connectivity index (χ0) is 13.0. The van der Waals surface area contributed by atoms with Gasteiger partial charge in [-0.25, -0.2) is 17.8 Å². The molecule has 0 aromatic rings. The van der Waals surface area contributed by atoms with E-state index in [-0.39, 0.29) is 6.42 Å². The van der Waals surface area contributed by atoms with Crippen molar-refractivity contribution in [2.75, 3.05) is 6.16 Å². The molecular weight excluding hydrogens is 285 g/mol. The molecule has 0 fully saturated rings. The van der Waals surface area contributed by atoms with Crippen molar-refractivity contribution in [3.63, 3.8) is 0 Å². The Morgan fingerprint density at radius 2 is 1.31 bits per heavy atom. The Kier molecular flexibility index (Phi) is 6.03. The first-order chi connectivity index (χ1) is 6.97. The summed E-state index contributed by atoms with van der Waals surface area (Å²) < 4.78 is 40.1. The molecule has 0 aromatic heterocycles. The normalized spacial score (nSPS) is 14.1. The minimum absolute atomic E-state index is 0.178. The van der Waals surface area contributed by atoms with E-state index in [1.165, 1.54) is 0 Å². The lowest BCUT2D eigenvalue weighted by Crippen LogP contribution is -1.98. The topological polar surface area (TPSA) is 151 Å². The van der Waals surface area contributed by atoms with Gasteiger partial charge in [-0.3, -0.25) is 4.57 Å². The molecule has 12 heteroatoms. The first-order valence-corrected chi connectivity index (χ1v) is 8.89. The molecule has 0 aromatic carbocycles. The van der Waals surface area contributed by atoms with E-state index in [4.69, 9.17) is 19.6 Å². The van der Waals surface area contributed by atoms with Gasteiger partial charge in [-0.1, -0.05) is 13.3 Å². The van der Waals surface area contributed by atoms with E-state index in [0.717, 1.165) is 0 Å². The van der Waals surface area contributed by atoms with Gasteiger partial charge in [0.15, 0.2) is 0 Å². The number of rotatable bonds is 7. The molecule has 0 aliphatic rings. The van der Waals surface area contributed by atoms with Crippen molar-refractivity contribution in [2.45, 2.75) is 19.8 Å². The summed E-state index contributed by atoms with van der Waals surface area (Å²) in [7, 11) is -14.8. The van der Waals surface area contributed by atoms with E-state index in [9.17, 15) is 13.7 Å². The van der Waals surface area contributed by atoms with Crippen LogP contribution in [0.4, 0.5) is 0 Å². The Bertz CT molecular complexity index is 324. The van der Waals surface area contributed by atoms with E-state index in [1.807, 2.05) is 0 Å². The summed E-state index contributed by atoms with van der Waals surface area (Å²) in [5, 5.41) is 0. The van der Waals surface area contributed by atoms with Crippen molar-refractivity contribution < 1.29 is 41.9 Å². The Hall–Kier alpha value is 0.450. The van der Waals surface area contributed by atoms with Crippen molar-refractivity contribution in [3.8, 4) is 0 Å². The highest BCUT2D eigenvalue weighted by Gasteiger charge is 2.39. The van der Waals surface area contributed by atoms with E-state index in [1.54, 1.807) is 6.92 Å². The summed E-state index contributed by atoms with van der Waals surface area (Å²) in [4.78, 5) is 33.7. The summed E-state index contributed by atoms with van der Waals surface area (Å²) in [5.74, 6) is 0. The standard InChI is InChI=1S/C4H13O9P3/c1-2-3-4-14(5,12-15(6,7)8)13-16(9,10)11/h2-4H2,1H3,(H2,6,7,8)(H2,9,10,11). The molecule has 0 radical (unpaired) electrons. The fourth-order valence-corrected chi connectivity index (χ4v) is 5.11. The largest absolute Gasteiger partial charge is 0.476 e. The van der Waals surface area contributed by atoms with Crippen LogP contribution < -0.4 is 0 Å². The monoisotopic (exact) mass is 298 g/mol. The molecule has 0 saturated carbocycles. The van der Waals surface area contributed by atoms with E-state index >= 15 is 0 Å². The van der Waals surface area contributed by atoms with Crippen LogP contribution in [0.3, 0.4) is 0 Å². The third-order valence-electron chi connectivity index (χ3n) is 1.25. The van der Waals surface area contributed by atoms with E-state index in [0.29, 0.717) is 6.42 Å². The number of hydrogen-bond acceptors (Lipinski definition) is 5. The fraction of sp³-hybridized carbons (Fsp3) is 1.00.